The van der Waals surface area contributed by atoms with Gasteiger partial charge in [0, 0.05) is 0 Å². The molecule has 0 aromatic heterocycles. The average molecular weight is 137 g/mol. The molecule has 0 heterocycles. The molecule has 0 atom stereocenters. The van der Waals surface area contributed by atoms with Crippen molar-refractivity contribution in [2.75, 3.05) is 0 Å². The van der Waals surface area contributed by atoms with Crippen molar-refractivity contribution in [1.29, 1.82) is 5.16 Å². The topological polar surface area (TPSA) is 48.6 Å². The zero-order valence-electron chi connectivity index (χ0n) is 2.79. The first kappa shape index (κ1) is 6.30. The van der Waals surface area contributed by atoms with Crippen molar-refractivity contribution < 1.29 is 0 Å². The van der Waals surface area contributed by atoms with Gasteiger partial charge in [0.2, 0.25) is 0 Å². The third-order valence-electron chi connectivity index (χ3n) is 0.129. The molecule has 0 amide bonds. The summed E-state index contributed by atoms with van der Waals surface area (Å²) < 4.78 is 6.90. The Morgan fingerprint density at radius 3 is 2.50 bits per heavy atom. The van der Waals surface area contributed by atoms with Crippen LogP contribution in [0.25, 0.3) is 0 Å². The highest BCUT2D eigenvalue weighted by molar-refractivity contribution is 7.39. The van der Waals surface area contributed by atoms with Gasteiger partial charge in [-0.25, -0.2) is 0 Å². The third-order valence-corrected chi connectivity index (χ3v) is 1.16. The first-order chi connectivity index (χ1) is 2.91. The molecule has 0 rings (SSSR count). The minimum atomic E-state index is 0.283. The summed E-state index contributed by atoms with van der Waals surface area (Å²) in [6, 6.07) is 0. The molecule has 0 aromatic carbocycles. The fourth-order valence-corrected chi connectivity index (χ4v) is 0.720. The summed E-state index contributed by atoms with van der Waals surface area (Å²) in [5, 5.41) is 6.42. The molecule has 6 heavy (non-hydrogen) atoms. The molecule has 1 N–H and O–H groups in total. The Kier molecular flexibility index (Phi) is 5.57. The van der Waals surface area contributed by atoms with Crippen LogP contribution in [0.4, 0.5) is 0 Å². The first-order valence-corrected chi connectivity index (χ1v) is 3.14. The van der Waals surface area contributed by atoms with Crippen LogP contribution >= 0.6 is 26.1 Å². The lowest BCUT2D eigenvalue weighted by atomic mass is 13.9. The van der Waals surface area contributed by atoms with Gasteiger partial charge >= 0.3 is 0 Å². The summed E-state index contributed by atoms with van der Waals surface area (Å²) in [4.78, 5) is 0. The second kappa shape index (κ2) is 5.30. The molecule has 0 saturated carbocycles. The molecular weight excluding hydrogens is 135 g/mol. The molecule has 0 bridgehead atoms. The largest absolute Gasteiger partial charge is 0.262 e. The zero-order chi connectivity index (χ0) is 4.83. The second-order valence-electron chi connectivity index (χ2n) is 0.379. The van der Waals surface area contributed by atoms with Crippen LogP contribution in [0.5, 0.6) is 0 Å². The highest BCUT2D eigenvalue weighted by Gasteiger charge is 1.53. The van der Waals surface area contributed by atoms with Gasteiger partial charge in [-0.15, -0.1) is 0 Å². The van der Waals surface area contributed by atoms with Crippen LogP contribution < -0.4 is 0 Å². The molecule has 0 radical (unpaired) electrons. The smallest absolute Gasteiger partial charge is 0.163 e. The van der Waals surface area contributed by atoms with E-state index in [9.17, 15) is 0 Å². The second-order valence-corrected chi connectivity index (χ2v) is 2.27. The molecule has 0 aliphatic heterocycles. The van der Waals surface area contributed by atoms with E-state index in [1.165, 1.54) is 0 Å². The van der Waals surface area contributed by atoms with Crippen LogP contribution in [0.3, 0.4) is 0 Å². The lowest BCUT2D eigenvalue weighted by Gasteiger charge is -1.56. The summed E-state index contributed by atoms with van der Waals surface area (Å²) in [7, 11) is 3.68. The van der Waals surface area contributed by atoms with Crippen molar-refractivity contribution in [1.82, 2.24) is 0 Å². The van der Waals surface area contributed by atoms with E-state index in [-0.39, 0.29) is 8.52 Å². The number of hydrogen-bond acceptors (Lipinski definition) is 1. The summed E-state index contributed by atoms with van der Waals surface area (Å²) in [6.45, 7) is 0. The first-order valence-electron chi connectivity index (χ1n) is 1.05. The highest BCUT2D eigenvalue weighted by Crippen LogP contribution is 2.09. The van der Waals surface area contributed by atoms with Gasteiger partial charge < -0.3 is 0 Å². The van der Waals surface area contributed by atoms with E-state index >= 15 is 0 Å². The van der Waals surface area contributed by atoms with Crippen molar-refractivity contribution in [3.8, 4) is 0 Å². The van der Waals surface area contributed by atoms with E-state index in [4.69, 9.17) is 5.16 Å². The molecule has 0 unspecified atom stereocenters. The number of nitrogens with zero attached hydrogens (tertiary/aromatic N) is 2. The van der Waals surface area contributed by atoms with Gasteiger partial charge in [0.1, 0.15) is 0 Å². The summed E-state index contributed by atoms with van der Waals surface area (Å²) in [5.74, 6) is 0. The van der Waals surface area contributed by atoms with Gasteiger partial charge in [0.05, 0.1) is 0 Å². The van der Waals surface area contributed by atoms with Crippen LogP contribution in [-0.4, -0.2) is 0 Å². The van der Waals surface area contributed by atoms with Gasteiger partial charge in [-0.05, 0) is 9.03 Å². The summed E-state index contributed by atoms with van der Waals surface area (Å²) in [5.41, 5.74) is 0. The Morgan fingerprint density at radius 2 is 2.33 bits per heavy atom. The van der Waals surface area contributed by atoms with Crippen LogP contribution in [-0.2, 0) is 0 Å². The van der Waals surface area contributed by atoms with E-state index in [1.807, 2.05) is 0 Å². The van der Waals surface area contributed by atoms with E-state index < -0.39 is 0 Å². The SMILES string of the molecule is N=P/N=P\N=P. The maximum Gasteiger partial charge on any atom is 0.163 e. The number of hydrogen-bond donors (Lipinski definition) is 1. The fraction of sp³-hybridized carbons (Fsp3) is 0. The van der Waals surface area contributed by atoms with E-state index in [0.29, 0.717) is 8.52 Å². The van der Waals surface area contributed by atoms with E-state index in [2.05, 4.69) is 18.1 Å². The third kappa shape index (κ3) is 4.30. The Balaban J connectivity index is 3.17. The van der Waals surface area contributed by atoms with Gasteiger partial charge in [0.25, 0.3) is 0 Å². The molecule has 0 spiro atoms. The van der Waals surface area contributed by atoms with Gasteiger partial charge in [-0.2, -0.15) is 9.03 Å². The molecule has 6 heteroatoms. The molecule has 32 valence electrons. The van der Waals surface area contributed by atoms with Crippen molar-refractivity contribution in [2.24, 2.45) is 9.03 Å². The highest BCUT2D eigenvalue weighted by atomic mass is 31.1. The lowest BCUT2D eigenvalue weighted by Crippen LogP contribution is -1.05. The Morgan fingerprint density at radius 1 is 1.67 bits per heavy atom. The van der Waals surface area contributed by atoms with Gasteiger partial charge in [-0.1, -0.05) is 0 Å². The zero-order valence-corrected chi connectivity index (χ0v) is 5.58. The number of rotatable bonds is 2. The predicted octanol–water partition coefficient (Wildman–Crippen LogP) is 2.98. The maximum atomic E-state index is 6.42. The fourth-order valence-electron chi connectivity index (χ4n) is 0.0400. The molecule has 0 aliphatic carbocycles. The Hall–Kier alpha value is 0.300. The molecule has 0 fully saturated rings. The monoisotopic (exact) mass is 137 g/mol. The minimum Gasteiger partial charge on any atom is -0.262 e. The minimum absolute atomic E-state index is 0.283. The quantitative estimate of drug-likeness (QED) is 0.568. The van der Waals surface area contributed by atoms with Crippen LogP contribution in [0.2, 0.25) is 0 Å². The van der Waals surface area contributed by atoms with Crippen molar-refractivity contribution in [3.63, 3.8) is 0 Å². The van der Waals surface area contributed by atoms with Gasteiger partial charge in [-0.3, -0.25) is 5.16 Å². The predicted molar refractivity (Wildman–Crippen MR) is 29.7 cm³/mol. The van der Waals surface area contributed by atoms with Crippen molar-refractivity contribution in [2.45, 2.75) is 0 Å². The molecule has 3 nitrogen and oxygen atoms in total. The Labute approximate surface area is 41.2 Å². The standard InChI is InChI=1S/H2N3P3/c1-5-3-6-2-4/h1,4H. The van der Waals surface area contributed by atoms with Gasteiger partial charge in [0.15, 0.2) is 17.0 Å². The summed E-state index contributed by atoms with van der Waals surface area (Å²) in [6.07, 6.45) is 0. The van der Waals surface area contributed by atoms with Crippen LogP contribution in [0.1, 0.15) is 0 Å². The van der Waals surface area contributed by atoms with Crippen LogP contribution in [0.15, 0.2) is 9.03 Å². The molecule has 0 aromatic rings. The van der Waals surface area contributed by atoms with Crippen molar-refractivity contribution >= 4 is 26.1 Å². The Bertz CT molecular complexity index is 64.1. The molecular formula is H2N3P3. The lowest BCUT2D eigenvalue weighted by molar-refractivity contribution is 1.63. The van der Waals surface area contributed by atoms with Crippen molar-refractivity contribution in [3.05, 3.63) is 0 Å². The molecule has 0 aliphatic rings. The van der Waals surface area contributed by atoms with E-state index in [1.54, 1.807) is 0 Å². The van der Waals surface area contributed by atoms with Crippen LogP contribution in [0, 0.1) is 5.16 Å². The molecule has 0 saturated heterocycles. The summed E-state index contributed by atoms with van der Waals surface area (Å²) >= 11 is 0. The average Bonchev–Trinajstić information content (AvgIpc) is 1.61. The maximum absolute atomic E-state index is 6.42. The number of nitrogens with one attached hydrogen (secondary N) is 1. The van der Waals surface area contributed by atoms with E-state index in [0.717, 1.165) is 0 Å². The normalized spacial score (nSPS) is 10.0.